The Labute approximate surface area is 349 Å². The van der Waals surface area contributed by atoms with Crippen molar-refractivity contribution in [2.24, 2.45) is 16.2 Å². The Bertz CT molecular complexity index is 2570. The molecule has 0 saturated carbocycles. The molecule has 3 aromatic rings. The molecule has 0 bridgehead atoms. The van der Waals surface area contributed by atoms with E-state index >= 15 is 0 Å². The minimum atomic E-state index is -5.04. The van der Waals surface area contributed by atoms with Crippen LogP contribution in [0.1, 0.15) is 133 Å². The standard InChI is InChI=1S/C42H49Cl3O8S3/c1-20-15-41(7,8)17-28-24(20)13-26-31(30-22(3)32(43)34(45)37(33(30)44)54-19-23(46)11-12-40(4,5)6)27-14-25-21(2)16-42(9,10)18-29(25)39(56(50,51)52)36(27)53-35(26)38(28)55(47,48)49/h13-14,17,20-21H,11-12,15-16,18-19H2,1-10H3,(H,47,48,49)(H,50,51,52). The summed E-state index contributed by atoms with van der Waals surface area (Å²) in [6, 6.07) is 3.65. The molecule has 2 aliphatic carbocycles. The molecular formula is C42H49Cl3O8S3. The smallest absolute Gasteiger partial charge is 0.298 e. The maximum Gasteiger partial charge on any atom is 0.298 e. The average Bonchev–Trinajstić information content (AvgIpc) is 3.02. The van der Waals surface area contributed by atoms with Gasteiger partial charge < -0.3 is 4.74 Å². The summed E-state index contributed by atoms with van der Waals surface area (Å²) in [5, 5.41) is 0.869. The fourth-order valence-electron chi connectivity index (χ4n) is 8.92. The van der Waals surface area contributed by atoms with E-state index in [1.807, 2.05) is 53.7 Å². The number of ether oxygens (including phenoxy) is 1. The molecule has 0 radical (unpaired) electrons. The van der Waals surface area contributed by atoms with Crippen LogP contribution in [0.4, 0.5) is 0 Å². The third-order valence-corrected chi connectivity index (χ3v) is 15.8. The molecule has 0 fully saturated rings. The number of halogens is 3. The van der Waals surface area contributed by atoms with Crippen molar-refractivity contribution < 1.29 is 35.5 Å². The van der Waals surface area contributed by atoms with E-state index in [0.29, 0.717) is 52.0 Å². The highest BCUT2D eigenvalue weighted by molar-refractivity contribution is 8.00. The number of hydrogen-bond donors (Lipinski definition) is 2. The highest BCUT2D eigenvalue weighted by Gasteiger charge is 2.42. The molecule has 0 amide bonds. The SMILES string of the molecule is Cc1c(Cl)c(Cl)c(SCC(=O)CCC(C)(C)C)c(Cl)c1C1=c2cc3c(c(S(=O)(=O)O)c2Oc2c1cc1c(c2S(=O)(=O)O)CC(C)(C)CC1C)=CC(C)(C)CC3C. The number of ketones is 1. The van der Waals surface area contributed by atoms with Crippen LogP contribution in [0.5, 0.6) is 11.5 Å². The van der Waals surface area contributed by atoms with Crippen LogP contribution >= 0.6 is 46.6 Å². The van der Waals surface area contributed by atoms with Gasteiger partial charge in [-0.3, -0.25) is 13.9 Å². The summed E-state index contributed by atoms with van der Waals surface area (Å²) in [6.45, 7) is 19.8. The zero-order valence-electron chi connectivity index (χ0n) is 33.3. The van der Waals surface area contributed by atoms with E-state index < -0.39 is 35.4 Å². The maximum absolute atomic E-state index is 13.6. The Morgan fingerprint density at radius 1 is 0.893 bits per heavy atom. The number of hydrogen-bond acceptors (Lipinski definition) is 7. The second-order valence-electron chi connectivity index (χ2n) is 18.5. The van der Waals surface area contributed by atoms with Gasteiger partial charge in [0, 0.05) is 33.2 Å². The van der Waals surface area contributed by atoms with E-state index in [1.54, 1.807) is 13.0 Å². The summed E-state index contributed by atoms with van der Waals surface area (Å²) in [4.78, 5) is 12.4. The molecule has 56 heavy (non-hydrogen) atoms. The van der Waals surface area contributed by atoms with Crippen LogP contribution in [-0.4, -0.2) is 37.5 Å². The summed E-state index contributed by atoms with van der Waals surface area (Å²) in [7, 11) is -10.1. The second-order valence-corrected chi connectivity index (χ2v) is 23.3. The molecule has 0 saturated heterocycles. The summed E-state index contributed by atoms with van der Waals surface area (Å²) in [5.41, 5.74) is 2.07. The highest BCUT2D eigenvalue weighted by Crippen LogP contribution is 2.54. The largest absolute Gasteiger partial charge is 0.453 e. The topological polar surface area (TPSA) is 135 Å². The van der Waals surface area contributed by atoms with E-state index in [4.69, 9.17) is 39.5 Å². The molecule has 2 N–H and O–H groups in total. The van der Waals surface area contributed by atoms with E-state index in [-0.39, 0.29) is 88.8 Å². The minimum absolute atomic E-state index is 0.0105. The lowest BCUT2D eigenvalue weighted by Crippen LogP contribution is -2.35. The summed E-state index contributed by atoms with van der Waals surface area (Å²) in [5.74, 6) is -0.879. The predicted octanol–water partition coefficient (Wildman–Crippen LogP) is 10.7. The quantitative estimate of drug-likeness (QED) is 0.101. The molecule has 2 atom stereocenters. The van der Waals surface area contributed by atoms with Gasteiger partial charge in [0.1, 0.15) is 15.6 Å². The second kappa shape index (κ2) is 14.6. The van der Waals surface area contributed by atoms with Gasteiger partial charge in [0.05, 0.1) is 20.8 Å². The van der Waals surface area contributed by atoms with Gasteiger partial charge in [-0.05, 0) is 100 Å². The van der Waals surface area contributed by atoms with Crippen LogP contribution in [0.15, 0.2) is 26.8 Å². The molecule has 2 unspecified atom stereocenters. The van der Waals surface area contributed by atoms with Crippen LogP contribution in [0.2, 0.25) is 15.1 Å². The van der Waals surface area contributed by atoms with Crippen LogP contribution < -0.4 is 15.2 Å². The first-order valence-corrected chi connectivity index (χ1v) is 23.6. The fraction of sp³-hybridized carbons (Fsp3) is 0.500. The third kappa shape index (κ3) is 8.10. The summed E-state index contributed by atoms with van der Waals surface area (Å²) >= 11 is 22.4. The minimum Gasteiger partial charge on any atom is -0.453 e. The van der Waals surface area contributed by atoms with Crippen LogP contribution in [0, 0.1) is 23.2 Å². The van der Waals surface area contributed by atoms with Gasteiger partial charge in [-0.1, -0.05) is 103 Å². The van der Waals surface area contributed by atoms with E-state index in [1.165, 1.54) is 0 Å². The van der Waals surface area contributed by atoms with Gasteiger partial charge in [-0.15, -0.1) is 11.8 Å². The highest BCUT2D eigenvalue weighted by atomic mass is 35.5. The summed E-state index contributed by atoms with van der Waals surface area (Å²) < 4.78 is 83.1. The Balaban J connectivity index is 1.81. The number of thioether (sulfide) groups is 1. The number of rotatable bonds is 8. The van der Waals surface area contributed by atoms with Crippen molar-refractivity contribution in [2.45, 2.75) is 128 Å². The number of carbonyl (C=O) groups is 1. The average molecular weight is 884 g/mol. The Hall–Kier alpha value is -2.09. The molecule has 6 rings (SSSR count). The first-order valence-electron chi connectivity index (χ1n) is 18.6. The van der Waals surface area contributed by atoms with Crippen molar-refractivity contribution in [3.63, 3.8) is 0 Å². The lowest BCUT2D eigenvalue weighted by molar-refractivity contribution is -0.117. The molecule has 3 aromatic carbocycles. The normalized spacial score (nSPS) is 19.9. The monoisotopic (exact) mass is 882 g/mol. The maximum atomic E-state index is 13.6. The van der Waals surface area contributed by atoms with Gasteiger partial charge in [0.25, 0.3) is 20.2 Å². The van der Waals surface area contributed by atoms with Gasteiger partial charge in [0.2, 0.25) is 0 Å². The zero-order chi connectivity index (χ0) is 41.8. The molecule has 14 heteroatoms. The van der Waals surface area contributed by atoms with E-state index in [2.05, 4.69) is 20.8 Å². The number of benzene rings is 3. The first kappa shape index (κ1) is 43.5. The molecule has 304 valence electrons. The zero-order valence-corrected chi connectivity index (χ0v) is 38.0. The molecule has 8 nitrogen and oxygen atoms in total. The van der Waals surface area contributed by atoms with Gasteiger partial charge >= 0.3 is 0 Å². The Kier molecular flexibility index (Phi) is 11.3. The van der Waals surface area contributed by atoms with Crippen molar-refractivity contribution in [1.29, 1.82) is 0 Å². The molecule has 1 aliphatic heterocycles. The predicted molar refractivity (Wildman–Crippen MR) is 226 cm³/mol. The number of Topliss-reactive ketones (excluding diaryl/α,β-unsaturated/α-hetero) is 1. The third-order valence-electron chi connectivity index (χ3n) is 11.2. The van der Waals surface area contributed by atoms with E-state index in [0.717, 1.165) is 18.2 Å². The number of carbonyl (C=O) groups excluding carboxylic acids is 1. The van der Waals surface area contributed by atoms with Crippen LogP contribution in [0.3, 0.4) is 0 Å². The van der Waals surface area contributed by atoms with Gasteiger partial charge in [-0.25, -0.2) is 0 Å². The molecule has 0 spiro atoms. The molecule has 0 aromatic heterocycles. The van der Waals surface area contributed by atoms with Gasteiger partial charge in [0.15, 0.2) is 11.5 Å². The Morgan fingerprint density at radius 3 is 2.09 bits per heavy atom. The Morgan fingerprint density at radius 2 is 1.50 bits per heavy atom. The van der Waals surface area contributed by atoms with Crippen molar-refractivity contribution >= 4 is 84.2 Å². The van der Waals surface area contributed by atoms with Crippen LogP contribution in [0.25, 0.3) is 11.6 Å². The molecule has 3 aliphatic rings. The fourth-order valence-corrected chi connectivity index (χ4v) is 12.7. The van der Waals surface area contributed by atoms with Crippen molar-refractivity contribution in [3.05, 3.63) is 71.0 Å². The van der Waals surface area contributed by atoms with Gasteiger partial charge in [-0.2, -0.15) is 16.8 Å². The number of fused-ring (bicyclic) bond motifs is 4. The van der Waals surface area contributed by atoms with Crippen molar-refractivity contribution in [2.75, 3.05) is 5.75 Å². The molecule has 1 heterocycles. The first-order chi connectivity index (χ1) is 25.5. The van der Waals surface area contributed by atoms with Crippen molar-refractivity contribution in [3.8, 4) is 11.5 Å². The van der Waals surface area contributed by atoms with E-state index in [9.17, 15) is 30.7 Å². The van der Waals surface area contributed by atoms with Crippen molar-refractivity contribution in [1.82, 2.24) is 0 Å². The lowest BCUT2D eigenvalue weighted by Gasteiger charge is -2.38. The lowest BCUT2D eigenvalue weighted by atomic mass is 9.69. The summed E-state index contributed by atoms with van der Waals surface area (Å²) in [6.07, 6.45) is 4.49. The van der Waals surface area contributed by atoms with Crippen LogP contribution in [-0.2, 0) is 31.5 Å². The molecular weight excluding hydrogens is 835 g/mol.